The van der Waals surface area contributed by atoms with Crippen LogP contribution in [0.5, 0.6) is 11.5 Å². The lowest BCUT2D eigenvalue weighted by atomic mass is 10.1. The standard InChI is InChI=1S/C16H23NO3/c18-14-6-3-1-2-5-13(14)17-12-7-8-15-16(11-12)20-10-4-9-19-15/h7-8,11,13-14,17-18H,1-6,9-10H2. The molecule has 0 bridgehead atoms. The molecule has 1 aromatic rings. The fraction of sp³-hybridized carbons (Fsp3) is 0.625. The van der Waals surface area contributed by atoms with Crippen LogP contribution in [0, 0.1) is 0 Å². The molecule has 2 unspecified atom stereocenters. The van der Waals surface area contributed by atoms with Crippen LogP contribution in [0.4, 0.5) is 5.69 Å². The maximum Gasteiger partial charge on any atom is 0.163 e. The van der Waals surface area contributed by atoms with E-state index in [1.807, 2.05) is 18.2 Å². The minimum absolute atomic E-state index is 0.141. The third-order valence-corrected chi connectivity index (χ3v) is 4.08. The van der Waals surface area contributed by atoms with Gasteiger partial charge in [0.25, 0.3) is 0 Å². The Hall–Kier alpha value is -1.42. The Morgan fingerprint density at radius 3 is 2.65 bits per heavy atom. The first-order chi connectivity index (χ1) is 9.83. The van der Waals surface area contributed by atoms with Crippen LogP contribution in [0.3, 0.4) is 0 Å². The van der Waals surface area contributed by atoms with Crippen LogP contribution in [-0.4, -0.2) is 30.5 Å². The first-order valence-electron chi connectivity index (χ1n) is 7.67. The highest BCUT2D eigenvalue weighted by Gasteiger charge is 2.22. The van der Waals surface area contributed by atoms with Gasteiger partial charge in [-0.3, -0.25) is 0 Å². The van der Waals surface area contributed by atoms with E-state index in [9.17, 15) is 5.11 Å². The molecule has 4 heteroatoms. The summed E-state index contributed by atoms with van der Waals surface area (Å²) >= 11 is 0. The molecule has 1 aliphatic heterocycles. The zero-order chi connectivity index (χ0) is 13.8. The molecule has 0 amide bonds. The van der Waals surface area contributed by atoms with Crippen molar-refractivity contribution in [1.29, 1.82) is 0 Å². The Morgan fingerprint density at radius 1 is 0.950 bits per heavy atom. The zero-order valence-electron chi connectivity index (χ0n) is 11.8. The molecule has 2 aliphatic rings. The molecule has 0 spiro atoms. The second-order valence-corrected chi connectivity index (χ2v) is 5.67. The van der Waals surface area contributed by atoms with Crippen LogP contribution in [0.25, 0.3) is 0 Å². The van der Waals surface area contributed by atoms with Crippen molar-refractivity contribution in [2.45, 2.75) is 50.7 Å². The summed E-state index contributed by atoms with van der Waals surface area (Å²) in [6.45, 7) is 1.41. The molecule has 1 fully saturated rings. The number of rotatable bonds is 2. The molecule has 2 N–H and O–H groups in total. The van der Waals surface area contributed by atoms with E-state index in [4.69, 9.17) is 9.47 Å². The lowest BCUT2D eigenvalue weighted by Crippen LogP contribution is -2.32. The Bertz CT molecular complexity index is 449. The highest BCUT2D eigenvalue weighted by molar-refractivity contribution is 5.55. The molecule has 110 valence electrons. The molecule has 1 aromatic carbocycles. The second kappa shape index (κ2) is 6.35. The van der Waals surface area contributed by atoms with Gasteiger partial charge in [0.15, 0.2) is 11.5 Å². The molecule has 0 saturated heterocycles. The Morgan fingerprint density at radius 2 is 1.75 bits per heavy atom. The van der Waals surface area contributed by atoms with E-state index in [1.54, 1.807) is 0 Å². The number of aliphatic hydroxyl groups excluding tert-OH is 1. The monoisotopic (exact) mass is 277 g/mol. The number of benzene rings is 1. The van der Waals surface area contributed by atoms with Crippen molar-refractivity contribution in [2.75, 3.05) is 18.5 Å². The fourth-order valence-corrected chi connectivity index (χ4v) is 2.92. The molecule has 1 saturated carbocycles. The van der Waals surface area contributed by atoms with Gasteiger partial charge in [0.1, 0.15) is 0 Å². The van der Waals surface area contributed by atoms with Crippen molar-refractivity contribution < 1.29 is 14.6 Å². The van der Waals surface area contributed by atoms with E-state index in [-0.39, 0.29) is 12.1 Å². The van der Waals surface area contributed by atoms with E-state index in [2.05, 4.69) is 5.32 Å². The molecule has 20 heavy (non-hydrogen) atoms. The molecular weight excluding hydrogens is 254 g/mol. The van der Waals surface area contributed by atoms with Crippen molar-refractivity contribution in [3.05, 3.63) is 18.2 Å². The predicted molar refractivity (Wildman–Crippen MR) is 78.6 cm³/mol. The number of hydrogen-bond donors (Lipinski definition) is 2. The first kappa shape index (κ1) is 13.6. The largest absolute Gasteiger partial charge is 0.490 e. The van der Waals surface area contributed by atoms with Gasteiger partial charge in [-0.2, -0.15) is 0 Å². The van der Waals surface area contributed by atoms with Gasteiger partial charge in [-0.05, 0) is 25.0 Å². The number of nitrogens with one attached hydrogen (secondary N) is 1. The van der Waals surface area contributed by atoms with Crippen molar-refractivity contribution in [1.82, 2.24) is 0 Å². The van der Waals surface area contributed by atoms with Crippen LogP contribution in [0.2, 0.25) is 0 Å². The molecular formula is C16H23NO3. The highest BCUT2D eigenvalue weighted by atomic mass is 16.5. The first-order valence-corrected chi connectivity index (χ1v) is 7.67. The van der Waals surface area contributed by atoms with Gasteiger partial charge >= 0.3 is 0 Å². The van der Waals surface area contributed by atoms with E-state index in [0.717, 1.165) is 42.9 Å². The molecule has 1 aliphatic carbocycles. The van der Waals surface area contributed by atoms with Gasteiger partial charge in [0.2, 0.25) is 0 Å². The Kier molecular flexibility index (Phi) is 4.31. The number of fused-ring (bicyclic) bond motifs is 1. The van der Waals surface area contributed by atoms with Gasteiger partial charge in [-0.1, -0.05) is 19.3 Å². The maximum absolute atomic E-state index is 10.2. The molecule has 2 atom stereocenters. The van der Waals surface area contributed by atoms with Crippen molar-refractivity contribution in [3.8, 4) is 11.5 Å². The average molecular weight is 277 g/mol. The molecule has 1 heterocycles. The summed E-state index contributed by atoms with van der Waals surface area (Å²) < 4.78 is 11.3. The van der Waals surface area contributed by atoms with Crippen molar-refractivity contribution in [3.63, 3.8) is 0 Å². The SMILES string of the molecule is OC1CCCCCC1Nc1ccc2c(c1)OCCCO2. The lowest BCUT2D eigenvalue weighted by Gasteiger charge is -2.23. The molecule has 0 radical (unpaired) electrons. The van der Waals surface area contributed by atoms with E-state index in [1.165, 1.54) is 12.8 Å². The van der Waals surface area contributed by atoms with E-state index < -0.39 is 0 Å². The van der Waals surface area contributed by atoms with Gasteiger partial charge in [-0.25, -0.2) is 0 Å². The number of aliphatic hydroxyl groups is 1. The summed E-state index contributed by atoms with van der Waals surface area (Å²) in [5, 5.41) is 13.6. The summed E-state index contributed by atoms with van der Waals surface area (Å²) in [6, 6.07) is 6.08. The predicted octanol–water partition coefficient (Wildman–Crippen LogP) is 2.95. The topological polar surface area (TPSA) is 50.7 Å². The molecule has 4 nitrogen and oxygen atoms in total. The van der Waals surface area contributed by atoms with Crippen LogP contribution in [0.15, 0.2) is 18.2 Å². The minimum atomic E-state index is -0.256. The van der Waals surface area contributed by atoms with Crippen molar-refractivity contribution in [2.24, 2.45) is 0 Å². The minimum Gasteiger partial charge on any atom is -0.490 e. The summed E-state index contributed by atoms with van der Waals surface area (Å²) in [5.74, 6) is 1.62. The number of anilines is 1. The van der Waals surface area contributed by atoms with Gasteiger partial charge in [-0.15, -0.1) is 0 Å². The maximum atomic E-state index is 10.2. The number of ether oxygens (including phenoxy) is 2. The third kappa shape index (κ3) is 3.18. The van der Waals surface area contributed by atoms with Gasteiger partial charge in [0.05, 0.1) is 25.4 Å². The quantitative estimate of drug-likeness (QED) is 0.816. The van der Waals surface area contributed by atoms with Crippen molar-refractivity contribution >= 4 is 5.69 Å². The van der Waals surface area contributed by atoms with E-state index >= 15 is 0 Å². The summed E-state index contributed by atoms with van der Waals surface area (Å²) in [4.78, 5) is 0. The van der Waals surface area contributed by atoms with E-state index in [0.29, 0.717) is 13.2 Å². The normalized spacial score (nSPS) is 26.4. The van der Waals surface area contributed by atoms with Crippen LogP contribution >= 0.6 is 0 Å². The smallest absolute Gasteiger partial charge is 0.163 e. The second-order valence-electron chi connectivity index (χ2n) is 5.67. The molecule has 0 aromatic heterocycles. The van der Waals surface area contributed by atoms with Gasteiger partial charge < -0.3 is 19.9 Å². The fourth-order valence-electron chi connectivity index (χ4n) is 2.92. The summed E-state index contributed by atoms with van der Waals surface area (Å²) in [6.07, 6.45) is 6.10. The Labute approximate surface area is 120 Å². The zero-order valence-corrected chi connectivity index (χ0v) is 11.8. The van der Waals surface area contributed by atoms with Gasteiger partial charge in [0, 0.05) is 18.2 Å². The van der Waals surface area contributed by atoms with Crippen LogP contribution < -0.4 is 14.8 Å². The van der Waals surface area contributed by atoms with Crippen LogP contribution in [-0.2, 0) is 0 Å². The van der Waals surface area contributed by atoms with Crippen LogP contribution in [0.1, 0.15) is 38.5 Å². The third-order valence-electron chi connectivity index (χ3n) is 4.08. The summed E-state index contributed by atoms with van der Waals surface area (Å²) in [5.41, 5.74) is 1.00. The lowest BCUT2D eigenvalue weighted by molar-refractivity contribution is 0.144. The summed E-state index contributed by atoms with van der Waals surface area (Å²) in [7, 11) is 0. The highest BCUT2D eigenvalue weighted by Crippen LogP contribution is 2.33. The molecule has 3 rings (SSSR count). The average Bonchev–Trinajstić information content (AvgIpc) is 2.80. The Balaban J connectivity index is 1.72. The number of hydrogen-bond acceptors (Lipinski definition) is 4.